The van der Waals surface area contributed by atoms with Gasteiger partial charge in [-0.3, -0.25) is 9.59 Å². The second-order valence-electron chi connectivity index (χ2n) is 4.65. The molecular formula is C13H14F3NO3. The summed E-state index contributed by atoms with van der Waals surface area (Å²) < 4.78 is 39.4. The average Bonchev–Trinajstić information content (AvgIpc) is 2.34. The molecule has 1 rings (SSSR count). The van der Waals surface area contributed by atoms with Crippen LogP contribution in [0.4, 0.5) is 13.2 Å². The molecule has 0 fully saturated rings. The van der Waals surface area contributed by atoms with Crippen LogP contribution < -0.4 is 5.32 Å². The van der Waals surface area contributed by atoms with Gasteiger partial charge in [0, 0.05) is 18.7 Å². The molecule has 1 aromatic carbocycles. The fourth-order valence-electron chi connectivity index (χ4n) is 1.47. The number of amides is 1. The zero-order valence-corrected chi connectivity index (χ0v) is 11.0. The minimum Gasteiger partial charge on any atom is -0.481 e. The molecule has 0 saturated heterocycles. The van der Waals surface area contributed by atoms with Crippen LogP contribution in [0.25, 0.3) is 0 Å². The average molecular weight is 289 g/mol. The molecule has 1 amide bonds. The van der Waals surface area contributed by atoms with Crippen molar-refractivity contribution in [1.82, 2.24) is 5.32 Å². The van der Waals surface area contributed by atoms with Crippen LogP contribution in [0, 0.1) is 22.9 Å². The first-order valence-corrected chi connectivity index (χ1v) is 5.87. The predicted octanol–water partition coefficient (Wildman–Crippen LogP) is 2.33. The second kappa shape index (κ2) is 5.94. The first kappa shape index (κ1) is 16.0. The molecule has 0 aliphatic rings. The summed E-state index contributed by atoms with van der Waals surface area (Å²) in [6, 6.07) is 0.766. The maximum absolute atomic E-state index is 13.4. The molecule has 0 aliphatic heterocycles. The number of nitrogens with one attached hydrogen (secondary N) is 1. The fourth-order valence-corrected chi connectivity index (χ4v) is 1.47. The maximum atomic E-state index is 13.4. The monoisotopic (exact) mass is 289 g/mol. The van der Waals surface area contributed by atoms with Gasteiger partial charge in [0.15, 0.2) is 0 Å². The third-order valence-corrected chi connectivity index (χ3v) is 3.17. The van der Waals surface area contributed by atoms with E-state index in [1.807, 2.05) is 0 Å². The SMILES string of the molecule is CCC(C)(CNC(=O)c1c(F)cc(F)cc1F)C(=O)O. The van der Waals surface area contributed by atoms with E-state index in [1.54, 1.807) is 6.92 Å². The second-order valence-corrected chi connectivity index (χ2v) is 4.65. The lowest BCUT2D eigenvalue weighted by atomic mass is 9.87. The van der Waals surface area contributed by atoms with Crippen LogP contribution in [0.5, 0.6) is 0 Å². The van der Waals surface area contributed by atoms with E-state index in [-0.39, 0.29) is 13.0 Å². The highest BCUT2D eigenvalue weighted by Crippen LogP contribution is 2.21. The Morgan fingerprint density at radius 2 is 1.75 bits per heavy atom. The standard InChI is InChI=1S/C13H14F3NO3/c1-3-13(2,12(19)20)6-17-11(18)10-8(15)4-7(14)5-9(10)16/h4-5H,3,6H2,1-2H3,(H,17,18)(H,19,20). The lowest BCUT2D eigenvalue weighted by molar-refractivity contribution is -0.147. The molecule has 0 radical (unpaired) electrons. The van der Waals surface area contributed by atoms with Crippen molar-refractivity contribution in [1.29, 1.82) is 0 Å². The number of hydrogen-bond acceptors (Lipinski definition) is 2. The highest BCUT2D eigenvalue weighted by atomic mass is 19.1. The van der Waals surface area contributed by atoms with Crippen molar-refractivity contribution in [2.45, 2.75) is 20.3 Å². The Bertz CT molecular complexity index is 525. The number of rotatable bonds is 5. The highest BCUT2D eigenvalue weighted by Gasteiger charge is 2.32. The predicted molar refractivity (Wildman–Crippen MR) is 64.7 cm³/mol. The molecule has 0 spiro atoms. The number of carbonyl (C=O) groups excluding carboxylic acids is 1. The number of aliphatic carboxylic acids is 1. The Morgan fingerprint density at radius 3 is 2.15 bits per heavy atom. The van der Waals surface area contributed by atoms with Gasteiger partial charge in [-0.2, -0.15) is 0 Å². The molecular weight excluding hydrogens is 275 g/mol. The zero-order chi connectivity index (χ0) is 15.5. The summed E-state index contributed by atoms with van der Waals surface area (Å²) in [5, 5.41) is 11.2. The van der Waals surface area contributed by atoms with E-state index in [0.29, 0.717) is 12.1 Å². The summed E-state index contributed by atoms with van der Waals surface area (Å²) in [7, 11) is 0. The van der Waals surface area contributed by atoms with Gasteiger partial charge in [-0.25, -0.2) is 13.2 Å². The van der Waals surface area contributed by atoms with E-state index in [2.05, 4.69) is 5.32 Å². The van der Waals surface area contributed by atoms with Crippen LogP contribution in [0.15, 0.2) is 12.1 Å². The lowest BCUT2D eigenvalue weighted by Gasteiger charge is -2.23. The van der Waals surface area contributed by atoms with E-state index in [9.17, 15) is 22.8 Å². The van der Waals surface area contributed by atoms with Gasteiger partial charge in [0.2, 0.25) is 0 Å². The minimum atomic E-state index is -1.34. The maximum Gasteiger partial charge on any atom is 0.311 e. The Morgan fingerprint density at radius 1 is 1.25 bits per heavy atom. The van der Waals surface area contributed by atoms with E-state index in [0.717, 1.165) is 0 Å². The van der Waals surface area contributed by atoms with Gasteiger partial charge in [0.25, 0.3) is 5.91 Å². The highest BCUT2D eigenvalue weighted by molar-refractivity contribution is 5.95. The van der Waals surface area contributed by atoms with Crippen LogP contribution in [0.1, 0.15) is 30.6 Å². The van der Waals surface area contributed by atoms with Gasteiger partial charge < -0.3 is 10.4 Å². The first-order valence-electron chi connectivity index (χ1n) is 5.87. The largest absolute Gasteiger partial charge is 0.481 e. The topological polar surface area (TPSA) is 66.4 Å². The Hall–Kier alpha value is -2.05. The van der Waals surface area contributed by atoms with Gasteiger partial charge in [-0.1, -0.05) is 6.92 Å². The summed E-state index contributed by atoms with van der Waals surface area (Å²) in [5.74, 6) is -6.08. The van der Waals surface area contributed by atoms with Crippen LogP contribution in [-0.4, -0.2) is 23.5 Å². The Balaban J connectivity index is 2.91. The van der Waals surface area contributed by atoms with E-state index in [1.165, 1.54) is 6.92 Å². The summed E-state index contributed by atoms with van der Waals surface area (Å²) >= 11 is 0. The van der Waals surface area contributed by atoms with Crippen LogP contribution in [0.2, 0.25) is 0 Å². The summed E-state index contributed by atoms with van der Waals surface area (Å²) in [4.78, 5) is 22.7. The fraction of sp³-hybridized carbons (Fsp3) is 0.385. The zero-order valence-electron chi connectivity index (χ0n) is 11.0. The molecule has 20 heavy (non-hydrogen) atoms. The normalized spacial score (nSPS) is 13.7. The van der Waals surface area contributed by atoms with Crippen molar-refractivity contribution >= 4 is 11.9 Å². The van der Waals surface area contributed by atoms with Gasteiger partial charge in [-0.15, -0.1) is 0 Å². The van der Waals surface area contributed by atoms with E-state index < -0.39 is 40.3 Å². The molecule has 7 heteroatoms. The third kappa shape index (κ3) is 3.28. The van der Waals surface area contributed by atoms with Crippen molar-refractivity contribution in [2.24, 2.45) is 5.41 Å². The number of benzene rings is 1. The van der Waals surface area contributed by atoms with Gasteiger partial charge in [0.05, 0.1) is 5.41 Å². The minimum absolute atomic E-state index is 0.219. The molecule has 0 bridgehead atoms. The summed E-state index contributed by atoms with van der Waals surface area (Å²) in [5.41, 5.74) is -2.18. The Labute approximate surface area is 113 Å². The third-order valence-electron chi connectivity index (χ3n) is 3.17. The van der Waals surface area contributed by atoms with Crippen molar-refractivity contribution in [3.05, 3.63) is 35.1 Å². The molecule has 4 nitrogen and oxygen atoms in total. The lowest BCUT2D eigenvalue weighted by Crippen LogP contribution is -2.41. The number of carboxylic acids is 1. The Kier molecular flexibility index (Phi) is 4.75. The molecule has 0 saturated carbocycles. The number of carboxylic acid groups (broad SMARTS) is 1. The molecule has 1 aromatic rings. The van der Waals surface area contributed by atoms with Crippen LogP contribution >= 0.6 is 0 Å². The molecule has 1 unspecified atom stereocenters. The first-order chi connectivity index (χ1) is 9.21. The smallest absolute Gasteiger partial charge is 0.311 e. The molecule has 2 N–H and O–H groups in total. The summed E-state index contributed by atoms with van der Waals surface area (Å²) in [6.45, 7) is 2.71. The van der Waals surface area contributed by atoms with Crippen molar-refractivity contribution in [3.63, 3.8) is 0 Å². The van der Waals surface area contributed by atoms with E-state index in [4.69, 9.17) is 5.11 Å². The van der Waals surface area contributed by atoms with Crippen molar-refractivity contribution in [2.75, 3.05) is 6.54 Å². The molecule has 0 aliphatic carbocycles. The number of halogens is 3. The molecule has 1 atom stereocenters. The number of carbonyl (C=O) groups is 2. The van der Waals surface area contributed by atoms with Crippen molar-refractivity contribution in [3.8, 4) is 0 Å². The molecule has 0 heterocycles. The quantitative estimate of drug-likeness (QED) is 0.874. The molecule has 110 valence electrons. The van der Waals surface area contributed by atoms with Crippen molar-refractivity contribution < 1.29 is 27.9 Å². The molecule has 0 aromatic heterocycles. The summed E-state index contributed by atoms with van der Waals surface area (Å²) in [6.07, 6.45) is 0.219. The van der Waals surface area contributed by atoms with E-state index >= 15 is 0 Å². The van der Waals surface area contributed by atoms with Crippen LogP contribution in [0.3, 0.4) is 0 Å². The van der Waals surface area contributed by atoms with Crippen LogP contribution in [-0.2, 0) is 4.79 Å². The van der Waals surface area contributed by atoms with Gasteiger partial charge in [-0.05, 0) is 13.3 Å². The van der Waals surface area contributed by atoms with Gasteiger partial charge >= 0.3 is 5.97 Å². The number of hydrogen-bond donors (Lipinski definition) is 2. The van der Waals surface area contributed by atoms with Gasteiger partial charge in [0.1, 0.15) is 23.0 Å².